The third-order valence-electron chi connectivity index (χ3n) is 5.44. The number of pyridine rings is 1. The van der Waals surface area contributed by atoms with Crippen molar-refractivity contribution in [3.63, 3.8) is 0 Å². The van der Waals surface area contributed by atoms with E-state index in [1.807, 2.05) is 26.0 Å². The molecule has 2 aliphatic heterocycles. The summed E-state index contributed by atoms with van der Waals surface area (Å²) in [5.41, 5.74) is 2.20. The second kappa shape index (κ2) is 6.77. The Kier molecular flexibility index (Phi) is 4.48. The van der Waals surface area contributed by atoms with Gasteiger partial charge in [-0.25, -0.2) is 0 Å². The molecule has 25 heavy (non-hydrogen) atoms. The Morgan fingerprint density at radius 1 is 1.32 bits per heavy atom. The summed E-state index contributed by atoms with van der Waals surface area (Å²) in [7, 11) is 0. The number of likely N-dealkylation sites (tertiary alicyclic amines) is 1. The minimum Gasteiger partial charge on any atom is -0.486 e. The zero-order chi connectivity index (χ0) is 17.3. The molecule has 2 aromatic heterocycles. The SMILES string of the molecule is Cc1noc(C)c1CN1CCC2(CC1)CC(Oc1cccnc1)CO2. The van der Waals surface area contributed by atoms with Crippen molar-refractivity contribution in [2.45, 2.75) is 51.4 Å². The molecular weight excluding hydrogens is 318 g/mol. The van der Waals surface area contributed by atoms with E-state index in [1.54, 1.807) is 12.4 Å². The van der Waals surface area contributed by atoms with Crippen LogP contribution in [0.1, 0.15) is 36.3 Å². The van der Waals surface area contributed by atoms with Crippen LogP contribution < -0.4 is 4.74 Å². The first-order valence-corrected chi connectivity index (χ1v) is 8.98. The third-order valence-corrected chi connectivity index (χ3v) is 5.44. The molecule has 2 fully saturated rings. The van der Waals surface area contributed by atoms with Gasteiger partial charge in [0.1, 0.15) is 17.6 Å². The standard InChI is InChI=1S/C19H25N3O3/c1-14-18(15(2)25-21-14)12-22-8-5-19(6-9-22)10-17(13-23-19)24-16-4-3-7-20-11-16/h3-4,7,11,17H,5-6,8-10,12-13H2,1-2H3. The van der Waals surface area contributed by atoms with Gasteiger partial charge in [-0.1, -0.05) is 5.16 Å². The number of piperidine rings is 1. The number of rotatable bonds is 4. The van der Waals surface area contributed by atoms with E-state index in [9.17, 15) is 0 Å². The summed E-state index contributed by atoms with van der Waals surface area (Å²) in [6, 6.07) is 3.85. The molecule has 0 N–H and O–H groups in total. The van der Waals surface area contributed by atoms with E-state index < -0.39 is 0 Å². The monoisotopic (exact) mass is 343 g/mol. The fourth-order valence-corrected chi connectivity index (χ4v) is 3.91. The largest absolute Gasteiger partial charge is 0.486 e. The van der Waals surface area contributed by atoms with Crippen LogP contribution >= 0.6 is 0 Å². The van der Waals surface area contributed by atoms with E-state index >= 15 is 0 Å². The first kappa shape index (κ1) is 16.5. The Labute approximate surface area is 148 Å². The van der Waals surface area contributed by atoms with Crippen LogP contribution in [0.3, 0.4) is 0 Å². The Bertz CT molecular complexity index is 688. The number of hydrogen-bond acceptors (Lipinski definition) is 6. The molecule has 0 radical (unpaired) electrons. The molecule has 0 amide bonds. The summed E-state index contributed by atoms with van der Waals surface area (Å²) < 4.78 is 17.5. The van der Waals surface area contributed by atoms with E-state index in [-0.39, 0.29) is 11.7 Å². The summed E-state index contributed by atoms with van der Waals surface area (Å²) in [6.07, 6.45) is 6.69. The van der Waals surface area contributed by atoms with Gasteiger partial charge in [0.05, 0.1) is 24.1 Å². The minimum absolute atomic E-state index is 0.0257. The molecule has 2 aliphatic rings. The first-order valence-electron chi connectivity index (χ1n) is 8.98. The highest BCUT2D eigenvalue weighted by molar-refractivity contribution is 5.20. The quantitative estimate of drug-likeness (QED) is 0.851. The summed E-state index contributed by atoms with van der Waals surface area (Å²) >= 11 is 0. The highest BCUT2D eigenvalue weighted by Crippen LogP contribution is 2.37. The fraction of sp³-hybridized carbons (Fsp3) is 0.579. The van der Waals surface area contributed by atoms with Gasteiger partial charge >= 0.3 is 0 Å². The maximum atomic E-state index is 6.19. The molecular formula is C19H25N3O3. The molecule has 1 unspecified atom stereocenters. The minimum atomic E-state index is -0.0257. The molecule has 6 heteroatoms. The molecule has 1 spiro atoms. The van der Waals surface area contributed by atoms with Crippen molar-refractivity contribution in [1.82, 2.24) is 15.0 Å². The van der Waals surface area contributed by atoms with Crippen molar-refractivity contribution in [3.8, 4) is 5.75 Å². The molecule has 1 atom stereocenters. The van der Waals surface area contributed by atoms with Crippen LogP contribution in [0.2, 0.25) is 0 Å². The topological polar surface area (TPSA) is 60.6 Å². The zero-order valence-corrected chi connectivity index (χ0v) is 14.9. The van der Waals surface area contributed by atoms with Crippen LogP contribution in [-0.4, -0.2) is 46.4 Å². The molecule has 0 saturated carbocycles. The molecule has 0 aliphatic carbocycles. The van der Waals surface area contributed by atoms with Crippen molar-refractivity contribution in [2.24, 2.45) is 0 Å². The molecule has 134 valence electrons. The number of nitrogens with zero attached hydrogens (tertiary/aromatic N) is 3. The summed E-state index contributed by atoms with van der Waals surface area (Å²) in [5, 5.41) is 4.05. The van der Waals surface area contributed by atoms with Gasteiger partial charge in [0.15, 0.2) is 0 Å². The smallest absolute Gasteiger partial charge is 0.138 e. The second-order valence-electron chi connectivity index (χ2n) is 7.21. The summed E-state index contributed by atoms with van der Waals surface area (Å²) in [6.45, 7) is 7.64. The van der Waals surface area contributed by atoms with E-state index in [0.29, 0.717) is 6.61 Å². The van der Waals surface area contributed by atoms with Crippen molar-refractivity contribution in [2.75, 3.05) is 19.7 Å². The molecule has 2 aromatic rings. The van der Waals surface area contributed by atoms with Crippen molar-refractivity contribution in [1.29, 1.82) is 0 Å². The van der Waals surface area contributed by atoms with Crippen molar-refractivity contribution >= 4 is 0 Å². The Morgan fingerprint density at radius 2 is 2.16 bits per heavy atom. The molecule has 4 heterocycles. The van der Waals surface area contributed by atoms with Gasteiger partial charge in [-0.15, -0.1) is 0 Å². The number of aryl methyl sites for hydroxylation is 2. The van der Waals surface area contributed by atoms with E-state index in [1.165, 1.54) is 5.56 Å². The third kappa shape index (κ3) is 3.55. The summed E-state index contributed by atoms with van der Waals surface area (Å²) in [5.74, 6) is 1.75. The van der Waals surface area contributed by atoms with Crippen LogP contribution in [0.5, 0.6) is 5.75 Å². The highest BCUT2D eigenvalue weighted by Gasteiger charge is 2.43. The number of hydrogen-bond donors (Lipinski definition) is 0. The molecule has 6 nitrogen and oxygen atoms in total. The Balaban J connectivity index is 1.31. The molecule has 0 aromatic carbocycles. The lowest BCUT2D eigenvalue weighted by molar-refractivity contribution is -0.0455. The van der Waals surface area contributed by atoms with Crippen LogP contribution in [0.4, 0.5) is 0 Å². The molecule has 2 saturated heterocycles. The maximum absolute atomic E-state index is 6.19. The van der Waals surface area contributed by atoms with Gasteiger partial charge in [0.2, 0.25) is 0 Å². The first-order chi connectivity index (χ1) is 12.1. The molecule has 0 bridgehead atoms. The van der Waals surface area contributed by atoms with Crippen LogP contribution in [-0.2, 0) is 11.3 Å². The average Bonchev–Trinajstić information content (AvgIpc) is 3.16. The van der Waals surface area contributed by atoms with Gasteiger partial charge in [-0.05, 0) is 38.8 Å². The predicted molar refractivity (Wildman–Crippen MR) is 92.4 cm³/mol. The lowest BCUT2D eigenvalue weighted by Gasteiger charge is -2.38. The fourth-order valence-electron chi connectivity index (χ4n) is 3.91. The van der Waals surface area contributed by atoms with Crippen molar-refractivity contribution < 1.29 is 14.0 Å². The Morgan fingerprint density at radius 3 is 2.84 bits per heavy atom. The van der Waals surface area contributed by atoms with Gasteiger partial charge in [-0.3, -0.25) is 9.88 Å². The lowest BCUT2D eigenvalue weighted by Crippen LogP contribution is -2.44. The number of ether oxygens (including phenoxy) is 2. The predicted octanol–water partition coefficient (Wildman–Crippen LogP) is 2.89. The average molecular weight is 343 g/mol. The lowest BCUT2D eigenvalue weighted by atomic mass is 9.87. The Hall–Kier alpha value is -1.92. The van der Waals surface area contributed by atoms with Crippen LogP contribution in [0.25, 0.3) is 0 Å². The van der Waals surface area contributed by atoms with E-state index in [0.717, 1.165) is 56.1 Å². The van der Waals surface area contributed by atoms with Crippen LogP contribution in [0.15, 0.2) is 29.0 Å². The van der Waals surface area contributed by atoms with Crippen molar-refractivity contribution in [3.05, 3.63) is 41.5 Å². The second-order valence-corrected chi connectivity index (χ2v) is 7.21. The van der Waals surface area contributed by atoms with Crippen LogP contribution in [0, 0.1) is 13.8 Å². The van der Waals surface area contributed by atoms with Gasteiger partial charge in [0.25, 0.3) is 0 Å². The van der Waals surface area contributed by atoms with E-state index in [2.05, 4.69) is 15.0 Å². The summed E-state index contributed by atoms with van der Waals surface area (Å²) in [4.78, 5) is 6.57. The highest BCUT2D eigenvalue weighted by atomic mass is 16.6. The van der Waals surface area contributed by atoms with Gasteiger partial charge < -0.3 is 14.0 Å². The van der Waals surface area contributed by atoms with Gasteiger partial charge in [-0.2, -0.15) is 0 Å². The van der Waals surface area contributed by atoms with Gasteiger partial charge in [0, 0.05) is 37.8 Å². The number of aromatic nitrogens is 2. The maximum Gasteiger partial charge on any atom is 0.138 e. The zero-order valence-electron chi connectivity index (χ0n) is 14.9. The van der Waals surface area contributed by atoms with E-state index in [4.69, 9.17) is 14.0 Å². The molecule has 4 rings (SSSR count). The normalized spacial score (nSPS) is 23.2.